The van der Waals surface area contributed by atoms with Gasteiger partial charge in [-0.05, 0) is 19.3 Å². The van der Waals surface area contributed by atoms with Gasteiger partial charge in [0.2, 0.25) is 11.8 Å². The third-order valence-corrected chi connectivity index (χ3v) is 3.33. The molecule has 5 nitrogen and oxygen atoms in total. The molecule has 1 atom stereocenters. The van der Waals surface area contributed by atoms with Crippen LogP contribution in [0.4, 0.5) is 0 Å². The number of carbonyl (C=O) groups is 2. The first-order chi connectivity index (χ1) is 7.16. The van der Waals surface area contributed by atoms with Gasteiger partial charge >= 0.3 is 0 Å². The summed E-state index contributed by atoms with van der Waals surface area (Å²) in [6.07, 6.45) is 3.03. The summed E-state index contributed by atoms with van der Waals surface area (Å²) in [6.45, 7) is 0.975. The molecule has 1 aliphatic heterocycles. The van der Waals surface area contributed by atoms with E-state index in [9.17, 15) is 9.59 Å². The van der Waals surface area contributed by atoms with Gasteiger partial charge in [-0.1, -0.05) is 0 Å². The van der Waals surface area contributed by atoms with E-state index in [2.05, 4.69) is 10.6 Å². The van der Waals surface area contributed by atoms with E-state index >= 15 is 0 Å². The molecular formula is C10H17N3O2. The van der Waals surface area contributed by atoms with Crippen LogP contribution in [0.5, 0.6) is 0 Å². The second-order valence-electron chi connectivity index (χ2n) is 4.50. The summed E-state index contributed by atoms with van der Waals surface area (Å²) in [5, 5.41) is 5.70. The Kier molecular flexibility index (Phi) is 2.65. The molecule has 2 amide bonds. The number of amides is 2. The van der Waals surface area contributed by atoms with Crippen molar-refractivity contribution in [3.8, 4) is 0 Å². The van der Waals surface area contributed by atoms with Crippen molar-refractivity contribution in [2.45, 2.75) is 31.7 Å². The molecule has 0 aromatic carbocycles. The number of hydrogen-bond donors (Lipinski definition) is 3. The van der Waals surface area contributed by atoms with Gasteiger partial charge in [0.15, 0.2) is 0 Å². The Balaban J connectivity index is 1.82. The van der Waals surface area contributed by atoms with Gasteiger partial charge in [0.25, 0.3) is 0 Å². The molecule has 1 saturated heterocycles. The first-order valence-corrected chi connectivity index (χ1v) is 5.44. The largest absolute Gasteiger partial charge is 0.354 e. The third kappa shape index (κ3) is 2.12. The van der Waals surface area contributed by atoms with Crippen LogP contribution in [-0.4, -0.2) is 30.9 Å². The van der Waals surface area contributed by atoms with Crippen molar-refractivity contribution in [2.75, 3.05) is 13.1 Å². The monoisotopic (exact) mass is 211 g/mol. The average Bonchev–Trinajstić information content (AvgIpc) is 3.02. The van der Waals surface area contributed by atoms with Gasteiger partial charge in [-0.2, -0.15) is 0 Å². The minimum atomic E-state index is -0.290. The Morgan fingerprint density at radius 2 is 2.33 bits per heavy atom. The van der Waals surface area contributed by atoms with Crippen molar-refractivity contribution in [2.24, 2.45) is 11.1 Å². The fourth-order valence-corrected chi connectivity index (χ4v) is 1.87. The summed E-state index contributed by atoms with van der Waals surface area (Å²) >= 11 is 0. The van der Waals surface area contributed by atoms with Crippen LogP contribution < -0.4 is 16.4 Å². The molecule has 4 N–H and O–H groups in total. The van der Waals surface area contributed by atoms with Crippen LogP contribution in [0.1, 0.15) is 25.7 Å². The number of rotatable bonds is 3. The van der Waals surface area contributed by atoms with Gasteiger partial charge in [0, 0.05) is 25.6 Å². The lowest BCUT2D eigenvalue weighted by molar-refractivity contribution is -0.128. The highest BCUT2D eigenvalue weighted by Gasteiger charge is 2.48. The number of carbonyl (C=O) groups excluding carboxylic acids is 2. The highest BCUT2D eigenvalue weighted by atomic mass is 16.2. The predicted molar refractivity (Wildman–Crippen MR) is 54.9 cm³/mol. The van der Waals surface area contributed by atoms with Gasteiger partial charge in [0.05, 0.1) is 5.41 Å². The zero-order chi connectivity index (χ0) is 10.9. The van der Waals surface area contributed by atoms with Gasteiger partial charge in [0.1, 0.15) is 0 Å². The first-order valence-electron chi connectivity index (χ1n) is 5.44. The van der Waals surface area contributed by atoms with Crippen molar-refractivity contribution >= 4 is 11.8 Å². The van der Waals surface area contributed by atoms with E-state index in [1.807, 2.05) is 0 Å². The first kappa shape index (κ1) is 10.4. The number of nitrogens with one attached hydrogen (secondary N) is 2. The highest BCUT2D eigenvalue weighted by molar-refractivity contribution is 5.86. The molecule has 2 rings (SSSR count). The maximum atomic E-state index is 11.8. The molecule has 84 valence electrons. The molecule has 0 spiro atoms. The van der Waals surface area contributed by atoms with Crippen molar-refractivity contribution in [1.29, 1.82) is 0 Å². The maximum absolute atomic E-state index is 11.8. The van der Waals surface area contributed by atoms with E-state index < -0.39 is 0 Å². The van der Waals surface area contributed by atoms with Crippen LogP contribution in [0, 0.1) is 5.41 Å². The Morgan fingerprint density at radius 1 is 1.60 bits per heavy atom. The minimum absolute atomic E-state index is 0.0612. The predicted octanol–water partition coefficient (Wildman–Crippen LogP) is -0.880. The molecule has 0 aromatic heterocycles. The minimum Gasteiger partial charge on any atom is -0.354 e. The van der Waals surface area contributed by atoms with Crippen molar-refractivity contribution in [3.05, 3.63) is 0 Å². The van der Waals surface area contributed by atoms with E-state index in [1.54, 1.807) is 0 Å². The van der Waals surface area contributed by atoms with E-state index in [1.165, 1.54) is 0 Å². The molecular weight excluding hydrogens is 194 g/mol. The SMILES string of the molecule is NCC1(C(=O)NC2CCC(=O)NC2)CC1. The second-order valence-corrected chi connectivity index (χ2v) is 4.50. The Labute approximate surface area is 88.8 Å². The molecule has 2 aliphatic rings. The van der Waals surface area contributed by atoms with Crippen LogP contribution in [0.15, 0.2) is 0 Å². The maximum Gasteiger partial charge on any atom is 0.227 e. The number of nitrogens with two attached hydrogens (primary N) is 1. The highest BCUT2D eigenvalue weighted by Crippen LogP contribution is 2.44. The fourth-order valence-electron chi connectivity index (χ4n) is 1.87. The third-order valence-electron chi connectivity index (χ3n) is 3.33. The molecule has 1 saturated carbocycles. The standard InChI is InChI=1S/C10H17N3O2/c11-6-10(3-4-10)9(15)13-7-1-2-8(14)12-5-7/h7H,1-6,11H2,(H,12,14)(H,13,15). The van der Waals surface area contributed by atoms with Crippen LogP contribution in [-0.2, 0) is 9.59 Å². The molecule has 1 heterocycles. The van der Waals surface area contributed by atoms with Crippen LogP contribution in [0.25, 0.3) is 0 Å². The van der Waals surface area contributed by atoms with Crippen LogP contribution >= 0.6 is 0 Å². The van der Waals surface area contributed by atoms with Gasteiger partial charge in [-0.25, -0.2) is 0 Å². The quantitative estimate of drug-likeness (QED) is 0.567. The summed E-state index contributed by atoms with van der Waals surface area (Å²) in [4.78, 5) is 22.7. The second kappa shape index (κ2) is 3.81. The number of piperidine rings is 1. The van der Waals surface area contributed by atoms with Crippen molar-refractivity contribution < 1.29 is 9.59 Å². The average molecular weight is 211 g/mol. The smallest absolute Gasteiger partial charge is 0.227 e. The summed E-state index contributed by atoms with van der Waals surface area (Å²) in [6, 6.07) is 0.0826. The Morgan fingerprint density at radius 3 is 2.80 bits per heavy atom. The lowest BCUT2D eigenvalue weighted by Crippen LogP contribution is -2.50. The van der Waals surface area contributed by atoms with Crippen LogP contribution in [0.2, 0.25) is 0 Å². The van der Waals surface area contributed by atoms with Crippen LogP contribution in [0.3, 0.4) is 0 Å². The Bertz CT molecular complexity index is 276. The van der Waals surface area contributed by atoms with Gasteiger partial charge in [-0.3, -0.25) is 9.59 Å². The molecule has 1 aliphatic carbocycles. The molecule has 5 heteroatoms. The zero-order valence-corrected chi connectivity index (χ0v) is 8.71. The summed E-state index contributed by atoms with van der Waals surface area (Å²) in [5.74, 6) is 0.131. The van der Waals surface area contributed by atoms with E-state index in [4.69, 9.17) is 5.73 Å². The molecule has 0 bridgehead atoms. The molecule has 0 aromatic rings. The normalized spacial score (nSPS) is 28.1. The lowest BCUT2D eigenvalue weighted by atomic mass is 10.0. The zero-order valence-electron chi connectivity index (χ0n) is 8.71. The summed E-state index contributed by atoms with van der Waals surface area (Å²) in [7, 11) is 0. The fraction of sp³-hybridized carbons (Fsp3) is 0.800. The van der Waals surface area contributed by atoms with E-state index in [0.717, 1.165) is 19.3 Å². The lowest BCUT2D eigenvalue weighted by Gasteiger charge is -2.25. The molecule has 1 unspecified atom stereocenters. The van der Waals surface area contributed by atoms with Gasteiger partial charge < -0.3 is 16.4 Å². The summed E-state index contributed by atoms with van der Waals surface area (Å²) in [5.41, 5.74) is 5.28. The van der Waals surface area contributed by atoms with E-state index in [0.29, 0.717) is 19.5 Å². The topological polar surface area (TPSA) is 84.2 Å². The summed E-state index contributed by atoms with van der Waals surface area (Å²) < 4.78 is 0. The molecule has 0 radical (unpaired) electrons. The molecule has 15 heavy (non-hydrogen) atoms. The van der Waals surface area contributed by atoms with Gasteiger partial charge in [-0.15, -0.1) is 0 Å². The molecule has 2 fully saturated rings. The number of hydrogen-bond acceptors (Lipinski definition) is 3. The Hall–Kier alpha value is -1.10. The van der Waals surface area contributed by atoms with Crippen molar-refractivity contribution in [3.63, 3.8) is 0 Å². The van der Waals surface area contributed by atoms with Crippen molar-refractivity contribution in [1.82, 2.24) is 10.6 Å². The van der Waals surface area contributed by atoms with E-state index in [-0.39, 0.29) is 23.3 Å².